The maximum atomic E-state index is 6.52. The molecule has 1 unspecified atom stereocenters. The Kier molecular flexibility index (Phi) is 2.24. The van der Waals surface area contributed by atoms with Gasteiger partial charge in [0, 0.05) is 23.7 Å². The van der Waals surface area contributed by atoms with Crippen LogP contribution in [-0.2, 0) is 5.79 Å². The molecule has 2 aromatic carbocycles. The fraction of sp³-hybridized carbons (Fsp3) is 0.0769. The van der Waals surface area contributed by atoms with Crippen molar-refractivity contribution in [3.63, 3.8) is 0 Å². The third-order valence-electron chi connectivity index (χ3n) is 7.29. The second-order valence-corrected chi connectivity index (χ2v) is 8.81. The summed E-state index contributed by atoms with van der Waals surface area (Å²) in [6, 6.07) is 21.2. The Morgan fingerprint density at radius 1 is 0.969 bits per heavy atom. The van der Waals surface area contributed by atoms with Crippen LogP contribution in [0.15, 0.2) is 73.1 Å². The Labute approximate surface area is 181 Å². The van der Waals surface area contributed by atoms with E-state index in [1.807, 2.05) is 18.3 Å². The van der Waals surface area contributed by atoms with Gasteiger partial charge in [-0.3, -0.25) is 4.98 Å². The van der Waals surface area contributed by atoms with Crippen LogP contribution in [0.5, 0.6) is 11.6 Å². The number of aryl methyl sites for hydroxylation is 1. The van der Waals surface area contributed by atoms with E-state index in [2.05, 4.69) is 75.5 Å². The highest BCUT2D eigenvalue weighted by molar-refractivity contribution is 6.24. The standard InChI is InChI=1S/C26H15N5O/c1-14-13-19-18-7-2-8-21-30(18)26(31(19)28-14)23-20(32-21)10-9-15-16-5-3-11-27-24(16)17-6-4-12-29(26)25(17)22(15)23/h2-13H,1H3/q+2. The van der Waals surface area contributed by atoms with Gasteiger partial charge in [-0.25, -0.2) is 0 Å². The van der Waals surface area contributed by atoms with E-state index >= 15 is 0 Å². The largest absolute Gasteiger partial charge is 0.504 e. The van der Waals surface area contributed by atoms with Crippen LogP contribution in [-0.4, -0.2) is 14.8 Å². The maximum absolute atomic E-state index is 6.52. The molecule has 0 saturated heterocycles. The number of benzene rings is 2. The van der Waals surface area contributed by atoms with E-state index in [0.717, 1.165) is 50.6 Å². The molecule has 4 aromatic heterocycles. The number of hydrogen-bond donors (Lipinski definition) is 0. The minimum atomic E-state index is -0.679. The van der Waals surface area contributed by atoms with Gasteiger partial charge in [0.15, 0.2) is 17.5 Å². The van der Waals surface area contributed by atoms with Gasteiger partial charge < -0.3 is 4.74 Å². The Morgan fingerprint density at radius 3 is 2.88 bits per heavy atom. The Bertz CT molecular complexity index is 1890. The summed E-state index contributed by atoms with van der Waals surface area (Å²) in [5.41, 5.74) is 6.54. The quantitative estimate of drug-likeness (QED) is 0.281. The lowest BCUT2D eigenvalue weighted by Gasteiger charge is -2.23. The molecule has 1 spiro atoms. The molecule has 0 amide bonds. The fourth-order valence-electron chi connectivity index (χ4n) is 6.29. The zero-order valence-corrected chi connectivity index (χ0v) is 17.1. The van der Waals surface area contributed by atoms with E-state index in [1.54, 1.807) is 0 Å². The molecule has 6 nitrogen and oxygen atoms in total. The zero-order valence-electron chi connectivity index (χ0n) is 17.1. The Balaban J connectivity index is 1.66. The van der Waals surface area contributed by atoms with Crippen molar-refractivity contribution < 1.29 is 13.9 Å². The maximum Gasteiger partial charge on any atom is 0.504 e. The number of rotatable bonds is 0. The van der Waals surface area contributed by atoms with Crippen molar-refractivity contribution in [2.45, 2.75) is 12.7 Å². The predicted molar refractivity (Wildman–Crippen MR) is 117 cm³/mol. The highest BCUT2D eigenvalue weighted by atomic mass is 16.5. The first-order valence-corrected chi connectivity index (χ1v) is 10.8. The van der Waals surface area contributed by atoms with E-state index in [0.29, 0.717) is 0 Å². The van der Waals surface area contributed by atoms with E-state index in [1.165, 1.54) is 16.3 Å². The molecule has 9 rings (SSSR count). The lowest BCUT2D eigenvalue weighted by molar-refractivity contribution is -0.969. The SMILES string of the molecule is Cc1cc2n(n1)C13c4c(ccc5c6cccnc6c6ccc[n+]1c6c45)Oc1cccc-2[n+]13. The first kappa shape index (κ1) is 15.5. The Morgan fingerprint density at radius 2 is 1.91 bits per heavy atom. The topological polar surface area (TPSA) is 47.7 Å². The number of pyridine rings is 3. The molecular weight excluding hydrogens is 398 g/mol. The number of fused-ring (bicyclic) bond motifs is 5. The van der Waals surface area contributed by atoms with Crippen molar-refractivity contribution in [3.05, 3.63) is 84.3 Å². The van der Waals surface area contributed by atoms with Crippen molar-refractivity contribution >= 4 is 32.6 Å². The monoisotopic (exact) mass is 413 g/mol. The predicted octanol–water partition coefficient (Wildman–Crippen LogP) is 3.78. The van der Waals surface area contributed by atoms with Crippen LogP contribution in [0.1, 0.15) is 11.3 Å². The lowest BCUT2D eigenvalue weighted by Crippen LogP contribution is -2.75. The average Bonchev–Trinajstić information content (AvgIpc) is 3.45. The zero-order chi connectivity index (χ0) is 20.8. The summed E-state index contributed by atoms with van der Waals surface area (Å²) >= 11 is 0. The van der Waals surface area contributed by atoms with Crippen LogP contribution in [0.25, 0.3) is 44.0 Å². The van der Waals surface area contributed by atoms with Gasteiger partial charge in [-0.2, -0.15) is 5.10 Å². The molecule has 3 aliphatic heterocycles. The molecular formula is C26H15N5O+2. The van der Waals surface area contributed by atoms with E-state index in [4.69, 9.17) is 14.8 Å². The highest BCUT2D eigenvalue weighted by Crippen LogP contribution is 2.52. The molecule has 0 radical (unpaired) electrons. The van der Waals surface area contributed by atoms with Crippen molar-refractivity contribution in [2.75, 3.05) is 0 Å². The minimum Gasteiger partial charge on any atom is -0.404 e. The summed E-state index contributed by atoms with van der Waals surface area (Å²) in [5, 5.41) is 9.75. The summed E-state index contributed by atoms with van der Waals surface area (Å²) in [5.74, 6) is 1.02. The second kappa shape index (κ2) is 4.62. The molecule has 0 N–H and O–H groups in total. The van der Waals surface area contributed by atoms with Crippen LogP contribution < -0.4 is 13.9 Å². The van der Waals surface area contributed by atoms with Crippen LogP contribution in [0.4, 0.5) is 0 Å². The van der Waals surface area contributed by atoms with Crippen LogP contribution in [0, 0.1) is 6.92 Å². The molecule has 7 heterocycles. The molecule has 148 valence electrons. The number of ether oxygens (including phenoxy) is 1. The fourth-order valence-corrected chi connectivity index (χ4v) is 6.29. The van der Waals surface area contributed by atoms with E-state index in [9.17, 15) is 0 Å². The van der Waals surface area contributed by atoms with Gasteiger partial charge >= 0.3 is 11.7 Å². The molecule has 0 fully saturated rings. The highest BCUT2D eigenvalue weighted by Gasteiger charge is 2.71. The molecule has 1 atom stereocenters. The van der Waals surface area contributed by atoms with Gasteiger partial charge in [0.05, 0.1) is 28.0 Å². The smallest absolute Gasteiger partial charge is 0.404 e. The third-order valence-corrected chi connectivity index (χ3v) is 7.29. The first-order valence-electron chi connectivity index (χ1n) is 10.8. The van der Waals surface area contributed by atoms with Crippen molar-refractivity contribution in [3.8, 4) is 23.0 Å². The molecule has 0 bridgehead atoms. The van der Waals surface area contributed by atoms with Gasteiger partial charge in [0.1, 0.15) is 5.69 Å². The molecule has 0 aliphatic carbocycles. The summed E-state index contributed by atoms with van der Waals surface area (Å²) < 4.78 is 13.4. The summed E-state index contributed by atoms with van der Waals surface area (Å²) in [6.07, 6.45) is 4.05. The Hall–Kier alpha value is -4.32. The molecule has 6 aromatic rings. The number of hydrogen-bond acceptors (Lipinski definition) is 3. The van der Waals surface area contributed by atoms with Crippen LogP contribution >= 0.6 is 0 Å². The second-order valence-electron chi connectivity index (χ2n) is 8.81. The van der Waals surface area contributed by atoms with E-state index < -0.39 is 5.79 Å². The van der Waals surface area contributed by atoms with Crippen molar-refractivity contribution in [1.29, 1.82) is 0 Å². The molecule has 6 heteroatoms. The van der Waals surface area contributed by atoms with Gasteiger partial charge in [-0.1, -0.05) is 10.6 Å². The van der Waals surface area contributed by atoms with Gasteiger partial charge in [0.25, 0.3) is 0 Å². The number of aromatic nitrogens is 5. The average molecular weight is 413 g/mol. The summed E-state index contributed by atoms with van der Waals surface area (Å²) in [4.78, 5) is 4.79. The molecule has 3 aliphatic rings. The van der Waals surface area contributed by atoms with Gasteiger partial charge in [-0.15, -0.1) is 9.25 Å². The molecule has 32 heavy (non-hydrogen) atoms. The van der Waals surface area contributed by atoms with Crippen molar-refractivity contribution in [1.82, 2.24) is 14.8 Å². The number of nitrogens with zero attached hydrogens (tertiary/aromatic N) is 5. The van der Waals surface area contributed by atoms with Crippen LogP contribution in [0.3, 0.4) is 0 Å². The van der Waals surface area contributed by atoms with Crippen LogP contribution in [0.2, 0.25) is 0 Å². The summed E-state index contributed by atoms with van der Waals surface area (Å²) in [7, 11) is 0. The third kappa shape index (κ3) is 1.35. The molecule has 0 saturated carbocycles. The van der Waals surface area contributed by atoms with E-state index in [-0.39, 0.29) is 0 Å². The lowest BCUT2D eigenvalue weighted by atomic mass is 9.95. The van der Waals surface area contributed by atoms with Gasteiger partial charge in [-0.05, 0) is 48.7 Å². The minimum absolute atomic E-state index is 0.679. The van der Waals surface area contributed by atoms with Crippen molar-refractivity contribution in [2.24, 2.45) is 0 Å². The first-order chi connectivity index (χ1) is 15.8. The normalized spacial score (nSPS) is 18.5. The summed E-state index contributed by atoms with van der Waals surface area (Å²) in [6.45, 7) is 2.06. The van der Waals surface area contributed by atoms with Gasteiger partial charge in [0.2, 0.25) is 11.2 Å².